The van der Waals surface area contributed by atoms with Crippen molar-refractivity contribution in [2.75, 3.05) is 31.0 Å². The predicted octanol–water partition coefficient (Wildman–Crippen LogP) is 4.23. The summed E-state index contributed by atoms with van der Waals surface area (Å²) < 4.78 is 0. The summed E-state index contributed by atoms with van der Waals surface area (Å²) in [7, 11) is 4.09. The van der Waals surface area contributed by atoms with Gasteiger partial charge in [-0.2, -0.15) is 0 Å². The average molecular weight is 284 g/mol. The van der Waals surface area contributed by atoms with E-state index in [9.17, 15) is 0 Å². The van der Waals surface area contributed by atoms with E-state index in [4.69, 9.17) is 5.73 Å². The molecule has 0 atom stereocenters. The minimum absolute atomic E-state index is 0.838. The zero-order chi connectivity index (χ0) is 14.5. The van der Waals surface area contributed by atoms with Crippen LogP contribution in [0.15, 0.2) is 47.4 Å². The van der Waals surface area contributed by atoms with Crippen LogP contribution in [0.3, 0.4) is 0 Å². The molecule has 0 heterocycles. The fourth-order valence-corrected chi connectivity index (χ4v) is 2.47. The molecule has 0 fully saturated rings. The van der Waals surface area contributed by atoms with Crippen molar-refractivity contribution in [3.63, 3.8) is 0 Å². The normalized spacial score (nSPS) is 10.9. The van der Waals surface area contributed by atoms with Gasteiger partial charge in [-0.3, -0.25) is 0 Å². The lowest BCUT2D eigenvalue weighted by Crippen LogP contribution is -2.07. The third-order valence-electron chi connectivity index (χ3n) is 3.14. The van der Waals surface area contributed by atoms with Crippen LogP contribution in [0.5, 0.6) is 0 Å². The molecule has 20 heavy (non-hydrogen) atoms. The van der Waals surface area contributed by atoms with E-state index in [1.807, 2.05) is 32.5 Å². The number of thioether (sulfide) groups is 1. The Bertz CT molecular complexity index is 601. The van der Waals surface area contributed by atoms with Gasteiger partial charge >= 0.3 is 0 Å². The third-order valence-corrected chi connectivity index (χ3v) is 3.93. The predicted molar refractivity (Wildman–Crippen MR) is 92.3 cm³/mol. The average Bonchev–Trinajstić information content (AvgIpc) is 2.46. The first-order valence-corrected chi connectivity index (χ1v) is 7.71. The molecule has 0 radical (unpaired) electrons. The van der Waals surface area contributed by atoms with Crippen LogP contribution in [0.2, 0.25) is 0 Å². The Morgan fingerprint density at radius 3 is 2.15 bits per heavy atom. The molecule has 0 aliphatic carbocycles. The van der Waals surface area contributed by atoms with E-state index in [2.05, 4.69) is 47.4 Å². The second-order valence-corrected chi connectivity index (χ2v) is 5.67. The summed E-state index contributed by atoms with van der Waals surface area (Å²) in [6.07, 6.45) is 6.28. The Hall–Kier alpha value is -1.87. The number of hydrogen-bond acceptors (Lipinski definition) is 3. The molecule has 0 saturated carbocycles. The van der Waals surface area contributed by atoms with E-state index < -0.39 is 0 Å². The molecule has 0 amide bonds. The largest absolute Gasteiger partial charge is 0.398 e. The van der Waals surface area contributed by atoms with Crippen LogP contribution >= 0.6 is 11.8 Å². The van der Waals surface area contributed by atoms with E-state index in [1.165, 1.54) is 16.8 Å². The van der Waals surface area contributed by atoms with Crippen LogP contribution < -0.4 is 10.6 Å². The molecule has 0 saturated heterocycles. The van der Waals surface area contributed by atoms with Gasteiger partial charge < -0.3 is 10.6 Å². The second kappa shape index (κ2) is 6.53. The zero-order valence-corrected chi connectivity index (χ0v) is 12.9. The SMILES string of the molecule is CSc1cc(/C=C/c2ccc(N(C)C)cc2)ccc1N. The Morgan fingerprint density at radius 2 is 1.55 bits per heavy atom. The molecule has 0 spiro atoms. The molecule has 2 aromatic rings. The molecular weight excluding hydrogens is 264 g/mol. The van der Waals surface area contributed by atoms with Crippen LogP contribution in [0, 0.1) is 0 Å². The lowest BCUT2D eigenvalue weighted by Gasteiger charge is -2.11. The molecule has 3 heteroatoms. The van der Waals surface area contributed by atoms with Crippen molar-refractivity contribution in [2.45, 2.75) is 4.90 Å². The number of nitrogens with zero attached hydrogens (tertiary/aromatic N) is 1. The summed E-state index contributed by atoms with van der Waals surface area (Å²) in [5.74, 6) is 0. The highest BCUT2D eigenvalue weighted by Crippen LogP contribution is 2.24. The lowest BCUT2D eigenvalue weighted by molar-refractivity contribution is 1.13. The van der Waals surface area contributed by atoms with Gasteiger partial charge in [0.15, 0.2) is 0 Å². The maximum atomic E-state index is 5.90. The topological polar surface area (TPSA) is 29.3 Å². The summed E-state index contributed by atoms with van der Waals surface area (Å²) >= 11 is 1.67. The van der Waals surface area contributed by atoms with E-state index >= 15 is 0 Å². The van der Waals surface area contributed by atoms with Gasteiger partial charge in [-0.1, -0.05) is 30.4 Å². The maximum Gasteiger partial charge on any atom is 0.0452 e. The molecule has 2 nitrogen and oxygen atoms in total. The van der Waals surface area contributed by atoms with Gasteiger partial charge in [0, 0.05) is 30.4 Å². The summed E-state index contributed by atoms with van der Waals surface area (Å²) in [4.78, 5) is 3.22. The summed E-state index contributed by atoms with van der Waals surface area (Å²) in [6.45, 7) is 0. The number of hydrogen-bond donors (Lipinski definition) is 1. The lowest BCUT2D eigenvalue weighted by atomic mass is 10.1. The molecule has 2 aromatic carbocycles. The first-order valence-electron chi connectivity index (χ1n) is 6.49. The van der Waals surface area contributed by atoms with Crippen LogP contribution in [-0.4, -0.2) is 20.4 Å². The van der Waals surface area contributed by atoms with Crippen molar-refractivity contribution in [3.05, 3.63) is 53.6 Å². The van der Waals surface area contributed by atoms with Gasteiger partial charge in [0.1, 0.15) is 0 Å². The highest BCUT2D eigenvalue weighted by atomic mass is 32.2. The summed E-state index contributed by atoms with van der Waals surface area (Å²) in [5.41, 5.74) is 10.3. The molecule has 0 aromatic heterocycles. The monoisotopic (exact) mass is 284 g/mol. The fraction of sp³-hybridized carbons (Fsp3) is 0.176. The van der Waals surface area contributed by atoms with E-state index in [-0.39, 0.29) is 0 Å². The Kier molecular flexibility index (Phi) is 4.74. The van der Waals surface area contributed by atoms with E-state index in [0.29, 0.717) is 0 Å². The third kappa shape index (κ3) is 3.58. The van der Waals surface area contributed by atoms with Crippen LogP contribution in [0.1, 0.15) is 11.1 Å². The first-order chi connectivity index (χ1) is 9.60. The Balaban J connectivity index is 2.16. The number of anilines is 2. The van der Waals surface area contributed by atoms with E-state index in [0.717, 1.165) is 10.6 Å². The van der Waals surface area contributed by atoms with Crippen molar-refractivity contribution in [2.24, 2.45) is 0 Å². The van der Waals surface area contributed by atoms with Crippen molar-refractivity contribution in [1.29, 1.82) is 0 Å². The molecular formula is C17H20N2S. The molecule has 2 rings (SSSR count). The number of benzene rings is 2. The van der Waals surface area contributed by atoms with Crippen LogP contribution in [0.4, 0.5) is 11.4 Å². The smallest absolute Gasteiger partial charge is 0.0452 e. The van der Waals surface area contributed by atoms with Crippen LogP contribution in [-0.2, 0) is 0 Å². The zero-order valence-electron chi connectivity index (χ0n) is 12.1. The van der Waals surface area contributed by atoms with Crippen molar-refractivity contribution < 1.29 is 0 Å². The van der Waals surface area contributed by atoms with Gasteiger partial charge in [-0.15, -0.1) is 11.8 Å². The minimum atomic E-state index is 0.838. The summed E-state index contributed by atoms with van der Waals surface area (Å²) in [6, 6.07) is 14.6. The number of nitrogens with two attached hydrogens (primary N) is 1. The first kappa shape index (κ1) is 14.5. The van der Waals surface area contributed by atoms with Gasteiger partial charge in [0.25, 0.3) is 0 Å². The summed E-state index contributed by atoms with van der Waals surface area (Å²) in [5, 5.41) is 0. The molecule has 104 valence electrons. The van der Waals surface area contributed by atoms with Crippen molar-refractivity contribution in [3.8, 4) is 0 Å². The maximum absolute atomic E-state index is 5.90. The molecule has 0 bridgehead atoms. The highest BCUT2D eigenvalue weighted by Gasteiger charge is 1.98. The van der Waals surface area contributed by atoms with Crippen molar-refractivity contribution >= 4 is 35.3 Å². The van der Waals surface area contributed by atoms with Crippen LogP contribution in [0.25, 0.3) is 12.2 Å². The van der Waals surface area contributed by atoms with Gasteiger partial charge in [-0.25, -0.2) is 0 Å². The minimum Gasteiger partial charge on any atom is -0.398 e. The van der Waals surface area contributed by atoms with E-state index in [1.54, 1.807) is 11.8 Å². The quantitative estimate of drug-likeness (QED) is 0.517. The fourth-order valence-electron chi connectivity index (χ4n) is 1.91. The highest BCUT2D eigenvalue weighted by molar-refractivity contribution is 7.98. The molecule has 0 aliphatic heterocycles. The number of rotatable bonds is 4. The molecule has 0 unspecified atom stereocenters. The van der Waals surface area contributed by atoms with Gasteiger partial charge in [-0.05, 0) is 41.6 Å². The van der Waals surface area contributed by atoms with Gasteiger partial charge in [0.2, 0.25) is 0 Å². The standard InChI is InChI=1S/C17H20N2S/c1-19(2)15-9-6-13(7-10-15)4-5-14-8-11-16(18)17(12-14)20-3/h4-12H,18H2,1-3H3/b5-4+. The second-order valence-electron chi connectivity index (χ2n) is 4.82. The Morgan fingerprint density at radius 1 is 0.950 bits per heavy atom. The Labute approximate surface area is 125 Å². The molecule has 2 N–H and O–H groups in total. The number of nitrogen functional groups attached to an aromatic ring is 1. The molecule has 0 aliphatic rings. The van der Waals surface area contributed by atoms with Crippen molar-refractivity contribution in [1.82, 2.24) is 0 Å². The van der Waals surface area contributed by atoms with Gasteiger partial charge in [0.05, 0.1) is 0 Å².